The number of alkyl halides is 3. The molecule has 32 heavy (non-hydrogen) atoms. The normalized spacial score (nSPS) is 12.7. The van der Waals surface area contributed by atoms with Gasteiger partial charge in [-0.2, -0.15) is 13.2 Å². The van der Waals surface area contributed by atoms with Gasteiger partial charge < -0.3 is 9.88 Å². The van der Waals surface area contributed by atoms with E-state index in [4.69, 9.17) is 0 Å². The molecule has 0 spiro atoms. The number of rotatable bonds is 8. The van der Waals surface area contributed by atoms with E-state index in [1.54, 1.807) is 0 Å². The molecule has 0 saturated heterocycles. The predicted molar refractivity (Wildman–Crippen MR) is 118 cm³/mol. The third-order valence-electron chi connectivity index (χ3n) is 4.88. The molecule has 3 rings (SSSR count). The van der Waals surface area contributed by atoms with Crippen molar-refractivity contribution in [1.82, 2.24) is 19.7 Å². The van der Waals surface area contributed by atoms with Crippen molar-refractivity contribution in [3.8, 4) is 0 Å². The number of aromatic nitrogens is 3. The molecular weight excluding hydrogens is 439 g/mol. The zero-order chi connectivity index (χ0) is 23.3. The number of benzene rings is 2. The second-order valence-electron chi connectivity index (χ2n) is 7.47. The van der Waals surface area contributed by atoms with Gasteiger partial charge in [-0.1, -0.05) is 48.2 Å². The van der Waals surface area contributed by atoms with Crippen LogP contribution in [0.1, 0.15) is 29.9 Å². The minimum Gasteiger partial charge on any atom is -0.325 e. The molecule has 0 bridgehead atoms. The van der Waals surface area contributed by atoms with Crippen LogP contribution >= 0.6 is 11.8 Å². The summed E-state index contributed by atoms with van der Waals surface area (Å²) >= 11 is 1.19. The van der Waals surface area contributed by atoms with E-state index < -0.39 is 17.6 Å². The Morgan fingerprint density at radius 3 is 2.50 bits per heavy atom. The second-order valence-corrected chi connectivity index (χ2v) is 8.41. The Bertz CT molecular complexity index is 1050. The minimum atomic E-state index is -4.47. The fraction of sp³-hybridized carbons (Fsp3) is 0.318. The number of nitrogens with one attached hydrogen (secondary N) is 1. The molecule has 1 aromatic heterocycles. The molecule has 0 fully saturated rings. The summed E-state index contributed by atoms with van der Waals surface area (Å²) in [6.07, 6.45) is -4.47. The highest BCUT2D eigenvalue weighted by Crippen LogP contribution is 2.31. The summed E-state index contributed by atoms with van der Waals surface area (Å²) in [5.41, 5.74) is 0.348. The van der Waals surface area contributed by atoms with Crippen LogP contribution in [0.5, 0.6) is 0 Å². The lowest BCUT2D eigenvalue weighted by Gasteiger charge is -2.20. The molecule has 0 aliphatic heterocycles. The maximum Gasteiger partial charge on any atom is 0.416 e. The lowest BCUT2D eigenvalue weighted by atomic mass is 10.2. The first kappa shape index (κ1) is 23.8. The molecule has 0 radical (unpaired) electrons. The Labute approximate surface area is 188 Å². The highest BCUT2D eigenvalue weighted by Gasteiger charge is 2.30. The van der Waals surface area contributed by atoms with Gasteiger partial charge in [-0.25, -0.2) is 0 Å². The van der Waals surface area contributed by atoms with Gasteiger partial charge in [0, 0.05) is 5.69 Å². The molecule has 1 heterocycles. The Morgan fingerprint density at radius 1 is 1.12 bits per heavy atom. The van der Waals surface area contributed by atoms with Gasteiger partial charge in [-0.3, -0.25) is 9.69 Å². The van der Waals surface area contributed by atoms with Crippen LogP contribution in [-0.4, -0.2) is 45.4 Å². The van der Waals surface area contributed by atoms with Gasteiger partial charge in [0.15, 0.2) is 11.0 Å². The number of halogens is 3. The summed E-state index contributed by atoms with van der Waals surface area (Å²) in [6.45, 7) is 2.55. The Balaban J connectivity index is 1.73. The lowest BCUT2D eigenvalue weighted by molar-refractivity contribution is -0.137. The van der Waals surface area contributed by atoms with Crippen molar-refractivity contribution in [2.75, 3.05) is 25.2 Å². The molecule has 0 saturated carbocycles. The molecule has 0 aliphatic carbocycles. The topological polar surface area (TPSA) is 63.1 Å². The van der Waals surface area contributed by atoms with Crippen molar-refractivity contribution >= 4 is 23.4 Å². The van der Waals surface area contributed by atoms with E-state index in [9.17, 15) is 18.0 Å². The SMILES string of the molecule is C[C@@H](c1nnc(SCC(=O)Nc2cccc(C(F)(F)F)c2)n1Cc1ccccc1)N(C)C. The molecule has 2 aromatic carbocycles. The van der Waals surface area contributed by atoms with Crippen molar-refractivity contribution in [3.63, 3.8) is 0 Å². The maximum absolute atomic E-state index is 12.9. The van der Waals surface area contributed by atoms with E-state index in [0.29, 0.717) is 11.7 Å². The van der Waals surface area contributed by atoms with Gasteiger partial charge >= 0.3 is 6.18 Å². The van der Waals surface area contributed by atoms with Gasteiger partial charge in [-0.15, -0.1) is 10.2 Å². The molecule has 1 N–H and O–H groups in total. The standard InChI is InChI=1S/C22H24F3N5OS/c1-15(29(2)3)20-27-28-21(30(20)13-16-8-5-4-6-9-16)32-14-19(31)26-18-11-7-10-17(12-18)22(23,24)25/h4-12,15H,13-14H2,1-3H3,(H,26,31)/t15-/m0/s1. The molecule has 0 unspecified atom stereocenters. The van der Waals surface area contributed by atoms with Crippen LogP contribution in [0.4, 0.5) is 18.9 Å². The zero-order valence-electron chi connectivity index (χ0n) is 17.9. The Morgan fingerprint density at radius 2 is 1.84 bits per heavy atom. The summed E-state index contributed by atoms with van der Waals surface area (Å²) in [5.74, 6) is 0.324. The van der Waals surface area contributed by atoms with Crippen LogP contribution in [0.15, 0.2) is 59.8 Å². The van der Waals surface area contributed by atoms with Gasteiger partial charge in [-0.05, 0) is 44.8 Å². The van der Waals surface area contributed by atoms with E-state index >= 15 is 0 Å². The van der Waals surface area contributed by atoms with Crippen LogP contribution < -0.4 is 5.32 Å². The van der Waals surface area contributed by atoms with Gasteiger partial charge in [0.1, 0.15) is 0 Å². The summed E-state index contributed by atoms with van der Waals surface area (Å²) in [4.78, 5) is 14.4. The van der Waals surface area contributed by atoms with Crippen molar-refractivity contribution in [2.24, 2.45) is 0 Å². The molecule has 0 aliphatic rings. The van der Waals surface area contributed by atoms with Gasteiger partial charge in [0.05, 0.1) is 23.9 Å². The van der Waals surface area contributed by atoms with E-state index in [1.165, 1.54) is 23.9 Å². The largest absolute Gasteiger partial charge is 0.416 e. The van der Waals surface area contributed by atoms with Crippen molar-refractivity contribution in [3.05, 3.63) is 71.5 Å². The number of hydrogen-bond acceptors (Lipinski definition) is 5. The summed E-state index contributed by atoms with van der Waals surface area (Å²) in [7, 11) is 3.89. The number of hydrogen-bond donors (Lipinski definition) is 1. The maximum atomic E-state index is 12.9. The van der Waals surface area contributed by atoms with Crippen molar-refractivity contribution in [1.29, 1.82) is 0 Å². The summed E-state index contributed by atoms with van der Waals surface area (Å²) in [6, 6.07) is 14.4. The highest BCUT2D eigenvalue weighted by molar-refractivity contribution is 7.99. The van der Waals surface area contributed by atoms with Gasteiger partial charge in [0.2, 0.25) is 5.91 Å². The second kappa shape index (κ2) is 10.2. The van der Waals surface area contributed by atoms with E-state index in [0.717, 1.165) is 23.5 Å². The average Bonchev–Trinajstić information content (AvgIpc) is 3.14. The zero-order valence-corrected chi connectivity index (χ0v) is 18.7. The number of thioether (sulfide) groups is 1. The summed E-state index contributed by atoms with van der Waals surface area (Å²) in [5, 5.41) is 11.7. The van der Waals surface area contributed by atoms with Crippen molar-refractivity contribution in [2.45, 2.75) is 30.8 Å². The third-order valence-corrected chi connectivity index (χ3v) is 5.85. The first-order valence-electron chi connectivity index (χ1n) is 9.88. The molecule has 10 heteroatoms. The minimum absolute atomic E-state index is 0.000466. The molecule has 6 nitrogen and oxygen atoms in total. The predicted octanol–water partition coefficient (Wildman–Crippen LogP) is 4.70. The quantitative estimate of drug-likeness (QED) is 0.491. The van der Waals surface area contributed by atoms with Crippen LogP contribution in [-0.2, 0) is 17.5 Å². The molecule has 1 amide bonds. The number of nitrogens with zero attached hydrogens (tertiary/aromatic N) is 4. The van der Waals surface area contributed by atoms with Crippen LogP contribution in [0.3, 0.4) is 0 Å². The molecule has 1 atom stereocenters. The molecule has 170 valence electrons. The van der Waals surface area contributed by atoms with Crippen LogP contribution in [0.2, 0.25) is 0 Å². The van der Waals surface area contributed by atoms with E-state index in [2.05, 4.69) is 15.5 Å². The number of amides is 1. The van der Waals surface area contributed by atoms with Crippen LogP contribution in [0, 0.1) is 0 Å². The highest BCUT2D eigenvalue weighted by atomic mass is 32.2. The number of carbonyl (C=O) groups is 1. The summed E-state index contributed by atoms with van der Waals surface area (Å²) < 4.78 is 40.6. The lowest BCUT2D eigenvalue weighted by Crippen LogP contribution is -2.21. The van der Waals surface area contributed by atoms with Crippen LogP contribution in [0.25, 0.3) is 0 Å². The molecular formula is C22H24F3N5OS. The first-order valence-corrected chi connectivity index (χ1v) is 10.9. The number of anilines is 1. The fourth-order valence-electron chi connectivity index (χ4n) is 2.96. The Kier molecular flexibility index (Phi) is 7.57. The smallest absolute Gasteiger partial charge is 0.325 e. The monoisotopic (exact) mass is 463 g/mol. The van der Waals surface area contributed by atoms with E-state index in [-0.39, 0.29) is 17.5 Å². The molecule has 3 aromatic rings. The van der Waals surface area contributed by atoms with Crippen molar-refractivity contribution < 1.29 is 18.0 Å². The van der Waals surface area contributed by atoms with Gasteiger partial charge in [0.25, 0.3) is 0 Å². The first-order chi connectivity index (χ1) is 15.1. The van der Waals surface area contributed by atoms with E-state index in [1.807, 2.05) is 60.8 Å². The number of carbonyl (C=O) groups excluding carboxylic acids is 1. The fourth-order valence-corrected chi connectivity index (χ4v) is 3.71. The third kappa shape index (κ3) is 6.10. The Hall–Kier alpha value is -2.85. The average molecular weight is 464 g/mol.